The summed E-state index contributed by atoms with van der Waals surface area (Å²) in [5.41, 5.74) is 2.32. The molecule has 2 aromatic carbocycles. The van der Waals surface area contributed by atoms with Crippen LogP contribution < -0.4 is 4.90 Å². The lowest BCUT2D eigenvalue weighted by atomic mass is 10.1. The van der Waals surface area contributed by atoms with Gasteiger partial charge in [-0.3, -0.25) is 0 Å². The number of hydrogen-bond donors (Lipinski definition) is 0. The Labute approximate surface area is 119 Å². The lowest BCUT2D eigenvalue weighted by Gasteiger charge is -2.29. The minimum absolute atomic E-state index is 0.302. The quantitative estimate of drug-likeness (QED) is 0.726. The van der Waals surface area contributed by atoms with Gasteiger partial charge in [0, 0.05) is 16.8 Å². The molecule has 20 heavy (non-hydrogen) atoms. The molecule has 5 heteroatoms. The Morgan fingerprint density at radius 2 is 1.70 bits per heavy atom. The van der Waals surface area contributed by atoms with Gasteiger partial charge in [0.25, 0.3) is 0 Å². The number of para-hydroxylation sites is 1. The van der Waals surface area contributed by atoms with Crippen LogP contribution in [0.2, 0.25) is 0 Å². The summed E-state index contributed by atoms with van der Waals surface area (Å²) in [6.45, 7) is 0. The third-order valence-corrected chi connectivity index (χ3v) is 4.35. The van der Waals surface area contributed by atoms with Crippen LogP contribution in [-0.2, 0) is 6.42 Å². The van der Waals surface area contributed by atoms with Gasteiger partial charge >= 0.3 is 6.18 Å². The molecule has 1 nitrogen and oxygen atoms in total. The molecule has 0 fully saturated rings. The van der Waals surface area contributed by atoms with Crippen molar-refractivity contribution in [1.29, 1.82) is 0 Å². The Bertz CT molecular complexity index is 652. The molecule has 0 saturated carbocycles. The molecule has 0 spiro atoms. The van der Waals surface area contributed by atoms with Crippen LogP contribution in [0.4, 0.5) is 24.5 Å². The standard InChI is InChI=1S/C15H12F3NS/c1-19-11-4-2-3-5-13(11)20-14-8-10(6-7-12(14)19)9-15(16,17)18/h2-8H,9H2,1H3. The van der Waals surface area contributed by atoms with E-state index in [4.69, 9.17) is 0 Å². The molecule has 0 unspecified atom stereocenters. The monoisotopic (exact) mass is 295 g/mol. The maximum Gasteiger partial charge on any atom is 0.393 e. The predicted molar refractivity (Wildman–Crippen MR) is 74.8 cm³/mol. The molecule has 1 aliphatic rings. The van der Waals surface area contributed by atoms with Crippen molar-refractivity contribution in [1.82, 2.24) is 0 Å². The molecule has 3 rings (SSSR count). The molecule has 0 aliphatic carbocycles. The van der Waals surface area contributed by atoms with Crippen LogP contribution >= 0.6 is 11.8 Å². The van der Waals surface area contributed by atoms with Crippen LogP contribution in [0.5, 0.6) is 0 Å². The summed E-state index contributed by atoms with van der Waals surface area (Å²) >= 11 is 1.52. The first-order valence-corrected chi connectivity index (χ1v) is 6.96. The zero-order valence-corrected chi connectivity index (χ0v) is 11.6. The van der Waals surface area contributed by atoms with E-state index >= 15 is 0 Å². The zero-order chi connectivity index (χ0) is 14.3. The lowest BCUT2D eigenvalue weighted by molar-refractivity contribution is -0.127. The normalized spacial score (nSPS) is 13.9. The Kier molecular flexibility index (Phi) is 3.17. The van der Waals surface area contributed by atoms with Crippen molar-refractivity contribution < 1.29 is 13.2 Å². The van der Waals surface area contributed by atoms with Crippen molar-refractivity contribution in [2.24, 2.45) is 0 Å². The molecule has 0 atom stereocenters. The van der Waals surface area contributed by atoms with Crippen molar-refractivity contribution in [3.63, 3.8) is 0 Å². The molecule has 0 saturated heterocycles. The van der Waals surface area contributed by atoms with Gasteiger partial charge in [-0.15, -0.1) is 0 Å². The highest BCUT2D eigenvalue weighted by atomic mass is 32.2. The molecule has 2 aromatic rings. The molecule has 0 radical (unpaired) electrons. The van der Waals surface area contributed by atoms with Crippen LogP contribution in [0.25, 0.3) is 0 Å². The number of fused-ring (bicyclic) bond motifs is 2. The first-order valence-electron chi connectivity index (χ1n) is 6.14. The van der Waals surface area contributed by atoms with Crippen molar-refractivity contribution in [2.45, 2.75) is 22.4 Å². The highest BCUT2D eigenvalue weighted by Crippen LogP contribution is 2.47. The van der Waals surface area contributed by atoms with E-state index in [-0.39, 0.29) is 0 Å². The second-order valence-electron chi connectivity index (χ2n) is 4.72. The van der Waals surface area contributed by atoms with E-state index in [1.54, 1.807) is 18.2 Å². The van der Waals surface area contributed by atoms with Crippen molar-refractivity contribution in [3.8, 4) is 0 Å². The van der Waals surface area contributed by atoms with Gasteiger partial charge in [0.2, 0.25) is 0 Å². The minimum Gasteiger partial charge on any atom is -0.343 e. The fraction of sp³-hybridized carbons (Fsp3) is 0.200. The number of benzene rings is 2. The first-order chi connectivity index (χ1) is 9.44. The largest absolute Gasteiger partial charge is 0.393 e. The summed E-state index contributed by atoms with van der Waals surface area (Å²) in [4.78, 5) is 3.94. The van der Waals surface area contributed by atoms with E-state index in [0.29, 0.717) is 5.56 Å². The number of halogens is 3. The van der Waals surface area contributed by atoms with E-state index in [1.807, 2.05) is 36.2 Å². The van der Waals surface area contributed by atoms with Gasteiger partial charge < -0.3 is 4.90 Å². The van der Waals surface area contributed by atoms with Crippen LogP contribution in [-0.4, -0.2) is 13.2 Å². The predicted octanol–water partition coefficient (Wildman–Crippen LogP) is 5.02. The molecule has 104 valence electrons. The van der Waals surface area contributed by atoms with Crippen molar-refractivity contribution in [2.75, 3.05) is 11.9 Å². The van der Waals surface area contributed by atoms with Gasteiger partial charge in [-0.1, -0.05) is 30.0 Å². The van der Waals surface area contributed by atoms with E-state index in [2.05, 4.69) is 0 Å². The minimum atomic E-state index is -4.17. The van der Waals surface area contributed by atoms with Gasteiger partial charge in [-0.25, -0.2) is 0 Å². The average molecular weight is 295 g/mol. The maximum atomic E-state index is 12.5. The highest BCUT2D eigenvalue weighted by molar-refractivity contribution is 7.99. The number of alkyl halides is 3. The maximum absolute atomic E-state index is 12.5. The third kappa shape index (κ3) is 2.50. The van der Waals surface area contributed by atoms with Gasteiger partial charge in [-0.05, 0) is 29.8 Å². The summed E-state index contributed by atoms with van der Waals surface area (Å²) in [6, 6.07) is 12.8. The summed E-state index contributed by atoms with van der Waals surface area (Å²) < 4.78 is 37.4. The van der Waals surface area contributed by atoms with Gasteiger partial charge in [0.15, 0.2) is 0 Å². The summed E-state index contributed by atoms with van der Waals surface area (Å²) in [6.07, 6.45) is -5.05. The van der Waals surface area contributed by atoms with Crippen molar-refractivity contribution >= 4 is 23.1 Å². The zero-order valence-electron chi connectivity index (χ0n) is 10.7. The second kappa shape index (κ2) is 4.74. The molecule has 1 aliphatic heterocycles. The van der Waals surface area contributed by atoms with E-state index in [0.717, 1.165) is 21.2 Å². The molecule has 0 amide bonds. The number of nitrogens with zero attached hydrogens (tertiary/aromatic N) is 1. The fourth-order valence-corrected chi connectivity index (χ4v) is 3.54. The Balaban J connectivity index is 1.99. The molecule has 0 bridgehead atoms. The SMILES string of the molecule is CN1c2ccccc2Sc2cc(CC(F)(F)F)ccc21. The summed E-state index contributed by atoms with van der Waals surface area (Å²) in [5, 5.41) is 0. The Morgan fingerprint density at radius 3 is 2.45 bits per heavy atom. The van der Waals surface area contributed by atoms with Gasteiger partial charge in [0.05, 0.1) is 17.8 Å². The van der Waals surface area contributed by atoms with E-state index < -0.39 is 12.6 Å². The topological polar surface area (TPSA) is 3.24 Å². The average Bonchev–Trinajstić information content (AvgIpc) is 2.37. The lowest BCUT2D eigenvalue weighted by Crippen LogP contribution is -2.16. The molecule has 0 N–H and O–H groups in total. The number of anilines is 2. The Hall–Kier alpha value is -1.62. The molecule has 0 aromatic heterocycles. The van der Waals surface area contributed by atoms with Crippen LogP contribution in [0.15, 0.2) is 52.3 Å². The van der Waals surface area contributed by atoms with Crippen LogP contribution in [0, 0.1) is 0 Å². The number of hydrogen-bond acceptors (Lipinski definition) is 2. The van der Waals surface area contributed by atoms with Gasteiger partial charge in [-0.2, -0.15) is 13.2 Å². The summed E-state index contributed by atoms with van der Waals surface area (Å²) in [5.74, 6) is 0. The van der Waals surface area contributed by atoms with Crippen molar-refractivity contribution in [3.05, 3.63) is 48.0 Å². The summed E-state index contributed by atoms with van der Waals surface area (Å²) in [7, 11) is 1.93. The smallest absolute Gasteiger partial charge is 0.343 e. The van der Waals surface area contributed by atoms with E-state index in [1.165, 1.54) is 11.8 Å². The second-order valence-corrected chi connectivity index (χ2v) is 5.81. The van der Waals surface area contributed by atoms with Gasteiger partial charge in [0.1, 0.15) is 0 Å². The molecule has 1 heterocycles. The number of rotatable bonds is 1. The molecular weight excluding hydrogens is 283 g/mol. The fourth-order valence-electron chi connectivity index (χ4n) is 2.33. The highest BCUT2D eigenvalue weighted by Gasteiger charge is 2.28. The Morgan fingerprint density at radius 1 is 1.00 bits per heavy atom. The van der Waals surface area contributed by atoms with Crippen LogP contribution in [0.3, 0.4) is 0 Å². The van der Waals surface area contributed by atoms with Crippen LogP contribution in [0.1, 0.15) is 5.56 Å². The molecular formula is C15H12F3NS. The first kappa shape index (κ1) is 13.4. The van der Waals surface area contributed by atoms with E-state index in [9.17, 15) is 13.2 Å². The third-order valence-electron chi connectivity index (χ3n) is 3.24.